The average molecular weight is 482 g/mol. The van der Waals surface area contributed by atoms with Crippen LogP contribution in [0.1, 0.15) is 35.5 Å². The fourth-order valence-corrected chi connectivity index (χ4v) is 3.55. The van der Waals surface area contributed by atoms with Gasteiger partial charge in [0.25, 0.3) is 5.91 Å². The van der Waals surface area contributed by atoms with Gasteiger partial charge in [-0.15, -0.1) is 0 Å². The molecule has 180 valence electrons. The van der Waals surface area contributed by atoms with Crippen LogP contribution in [0.25, 0.3) is 22.6 Å². The van der Waals surface area contributed by atoms with Gasteiger partial charge in [0.2, 0.25) is 0 Å². The van der Waals surface area contributed by atoms with Crippen molar-refractivity contribution in [2.45, 2.75) is 26.2 Å². The lowest BCUT2D eigenvalue weighted by molar-refractivity contribution is 0.102. The number of benzene rings is 1. The Morgan fingerprint density at radius 2 is 1.78 bits per heavy atom. The quantitative estimate of drug-likeness (QED) is 0.391. The zero-order valence-electron chi connectivity index (χ0n) is 20.3. The van der Waals surface area contributed by atoms with Gasteiger partial charge in [-0.3, -0.25) is 9.78 Å². The van der Waals surface area contributed by atoms with Crippen LogP contribution >= 0.6 is 0 Å². The molecule has 0 aliphatic carbocycles. The van der Waals surface area contributed by atoms with Gasteiger partial charge < -0.3 is 10.6 Å². The smallest absolute Gasteiger partial charge is 0.255 e. The summed E-state index contributed by atoms with van der Waals surface area (Å²) in [6.07, 6.45) is 4.77. The van der Waals surface area contributed by atoms with E-state index in [0.717, 1.165) is 5.56 Å². The van der Waals surface area contributed by atoms with E-state index in [-0.39, 0.29) is 11.3 Å². The van der Waals surface area contributed by atoms with Gasteiger partial charge in [0.05, 0.1) is 28.6 Å². The van der Waals surface area contributed by atoms with E-state index in [1.165, 1.54) is 30.5 Å². The van der Waals surface area contributed by atoms with Gasteiger partial charge in [-0.2, -0.15) is 5.26 Å². The van der Waals surface area contributed by atoms with Crippen molar-refractivity contribution >= 4 is 17.4 Å². The molecule has 0 saturated heterocycles. The van der Waals surface area contributed by atoms with Gasteiger partial charge >= 0.3 is 0 Å². The molecule has 0 spiro atoms. The van der Waals surface area contributed by atoms with Crippen LogP contribution in [0.15, 0.2) is 61.1 Å². The van der Waals surface area contributed by atoms with E-state index in [4.69, 9.17) is 0 Å². The van der Waals surface area contributed by atoms with Crippen molar-refractivity contribution in [2.24, 2.45) is 0 Å². The summed E-state index contributed by atoms with van der Waals surface area (Å²) >= 11 is 0. The number of carbonyl (C=O) groups is 1. The standard InChI is InChI=1S/C27H24FN7O/c1-16-11-20(28)22(35-26(36)18-6-8-31-23(12-18)27(2,3)15-29)14-19(16)25-33-10-7-21(34-25)17-5-9-32-24(13-17)30-4/h5-14H,1-4H3,(H,30,32)(H,35,36). The molecule has 0 aliphatic rings. The first-order chi connectivity index (χ1) is 17.2. The van der Waals surface area contributed by atoms with E-state index >= 15 is 0 Å². The van der Waals surface area contributed by atoms with Crippen LogP contribution in [0.2, 0.25) is 0 Å². The summed E-state index contributed by atoms with van der Waals surface area (Å²) < 4.78 is 14.8. The number of hydrogen-bond acceptors (Lipinski definition) is 7. The van der Waals surface area contributed by atoms with Crippen molar-refractivity contribution in [1.29, 1.82) is 5.26 Å². The number of amides is 1. The Hall–Kier alpha value is -4.71. The van der Waals surface area contributed by atoms with Crippen LogP contribution < -0.4 is 10.6 Å². The summed E-state index contributed by atoms with van der Waals surface area (Å²) in [5, 5.41) is 15.0. The van der Waals surface area contributed by atoms with Gasteiger partial charge in [0, 0.05) is 42.3 Å². The number of nitrogens with one attached hydrogen (secondary N) is 2. The van der Waals surface area contributed by atoms with E-state index < -0.39 is 17.1 Å². The Labute approximate surface area is 208 Å². The lowest BCUT2D eigenvalue weighted by Gasteiger charge is -2.15. The lowest BCUT2D eigenvalue weighted by Crippen LogP contribution is -2.19. The maximum atomic E-state index is 14.8. The number of carbonyl (C=O) groups excluding carboxylic acids is 1. The number of rotatable bonds is 6. The summed E-state index contributed by atoms with van der Waals surface area (Å²) in [6, 6.07) is 13.6. The van der Waals surface area contributed by atoms with E-state index in [1.54, 1.807) is 46.3 Å². The summed E-state index contributed by atoms with van der Waals surface area (Å²) in [5.74, 6) is -0.00864. The SMILES string of the molecule is CNc1cc(-c2ccnc(-c3cc(NC(=O)c4ccnc(C(C)(C)C#N)c4)c(F)cc3C)n2)ccn1. The highest BCUT2D eigenvalue weighted by Crippen LogP contribution is 2.29. The predicted octanol–water partition coefficient (Wildman–Crippen LogP) is 5.14. The molecule has 3 heterocycles. The zero-order chi connectivity index (χ0) is 25.9. The molecule has 0 fully saturated rings. The Bertz CT molecular complexity index is 1490. The Balaban J connectivity index is 1.67. The third-order valence-electron chi connectivity index (χ3n) is 5.71. The monoisotopic (exact) mass is 481 g/mol. The van der Waals surface area contributed by atoms with E-state index in [1.807, 2.05) is 12.1 Å². The topological polar surface area (TPSA) is 116 Å². The second-order valence-electron chi connectivity index (χ2n) is 8.71. The molecule has 1 aromatic carbocycles. The number of anilines is 2. The van der Waals surface area contributed by atoms with Crippen molar-refractivity contribution in [3.8, 4) is 28.7 Å². The summed E-state index contributed by atoms with van der Waals surface area (Å²) in [7, 11) is 1.78. The molecule has 36 heavy (non-hydrogen) atoms. The first kappa shape index (κ1) is 24.4. The maximum Gasteiger partial charge on any atom is 0.255 e. The minimum absolute atomic E-state index is 0.00566. The molecule has 0 aliphatic heterocycles. The van der Waals surface area contributed by atoms with Crippen LogP contribution in [0.5, 0.6) is 0 Å². The average Bonchev–Trinajstić information content (AvgIpc) is 2.90. The number of pyridine rings is 2. The van der Waals surface area contributed by atoms with Gasteiger partial charge in [-0.05, 0) is 68.8 Å². The number of hydrogen-bond donors (Lipinski definition) is 2. The molecule has 0 unspecified atom stereocenters. The molecular weight excluding hydrogens is 457 g/mol. The van der Waals surface area contributed by atoms with Crippen molar-refractivity contribution in [3.05, 3.63) is 83.7 Å². The van der Waals surface area contributed by atoms with Crippen LogP contribution in [-0.4, -0.2) is 32.9 Å². The van der Waals surface area contributed by atoms with E-state index in [0.29, 0.717) is 34.2 Å². The largest absolute Gasteiger partial charge is 0.373 e. The first-order valence-corrected chi connectivity index (χ1v) is 11.2. The summed E-state index contributed by atoms with van der Waals surface area (Å²) in [4.78, 5) is 30.4. The molecule has 8 nitrogen and oxygen atoms in total. The number of aryl methyl sites for hydroxylation is 1. The number of nitriles is 1. The van der Waals surface area contributed by atoms with Crippen molar-refractivity contribution in [2.75, 3.05) is 17.7 Å². The van der Waals surface area contributed by atoms with Crippen molar-refractivity contribution in [3.63, 3.8) is 0 Å². The van der Waals surface area contributed by atoms with Crippen LogP contribution in [0.3, 0.4) is 0 Å². The maximum absolute atomic E-state index is 14.8. The normalized spacial score (nSPS) is 11.0. The highest BCUT2D eigenvalue weighted by atomic mass is 19.1. The van der Waals surface area contributed by atoms with Crippen LogP contribution in [-0.2, 0) is 5.41 Å². The molecule has 0 saturated carbocycles. The Morgan fingerprint density at radius 3 is 2.53 bits per heavy atom. The Kier molecular flexibility index (Phi) is 6.70. The second kappa shape index (κ2) is 9.88. The minimum atomic E-state index is -0.871. The third kappa shape index (κ3) is 5.03. The molecule has 3 aromatic heterocycles. The number of nitrogens with zero attached hydrogens (tertiary/aromatic N) is 5. The van der Waals surface area contributed by atoms with E-state index in [2.05, 4.69) is 36.6 Å². The van der Waals surface area contributed by atoms with Gasteiger partial charge in [0.15, 0.2) is 5.82 Å². The molecule has 2 N–H and O–H groups in total. The fraction of sp³-hybridized carbons (Fsp3) is 0.185. The lowest BCUT2D eigenvalue weighted by atomic mass is 9.90. The molecule has 0 radical (unpaired) electrons. The van der Waals surface area contributed by atoms with Gasteiger partial charge in [-0.1, -0.05) is 0 Å². The highest BCUT2D eigenvalue weighted by molar-refractivity contribution is 6.04. The molecule has 4 rings (SSSR count). The highest BCUT2D eigenvalue weighted by Gasteiger charge is 2.23. The minimum Gasteiger partial charge on any atom is -0.373 e. The summed E-state index contributed by atoms with van der Waals surface area (Å²) in [5.41, 5.74) is 2.56. The second-order valence-corrected chi connectivity index (χ2v) is 8.71. The first-order valence-electron chi connectivity index (χ1n) is 11.2. The molecule has 0 bridgehead atoms. The number of halogens is 1. The van der Waals surface area contributed by atoms with E-state index in [9.17, 15) is 14.4 Å². The molecule has 4 aromatic rings. The zero-order valence-corrected chi connectivity index (χ0v) is 20.3. The van der Waals surface area contributed by atoms with Gasteiger partial charge in [0.1, 0.15) is 11.6 Å². The number of aromatic nitrogens is 4. The molecule has 0 atom stereocenters. The van der Waals surface area contributed by atoms with Crippen LogP contribution in [0, 0.1) is 24.1 Å². The molecule has 9 heteroatoms. The third-order valence-corrected chi connectivity index (χ3v) is 5.71. The Morgan fingerprint density at radius 1 is 1.03 bits per heavy atom. The van der Waals surface area contributed by atoms with Gasteiger partial charge in [-0.25, -0.2) is 19.3 Å². The molecule has 1 amide bonds. The summed E-state index contributed by atoms with van der Waals surface area (Å²) in [6.45, 7) is 5.18. The fourth-order valence-electron chi connectivity index (χ4n) is 3.55. The van der Waals surface area contributed by atoms with Crippen molar-refractivity contribution in [1.82, 2.24) is 19.9 Å². The van der Waals surface area contributed by atoms with Crippen LogP contribution in [0.4, 0.5) is 15.9 Å². The predicted molar refractivity (Wildman–Crippen MR) is 136 cm³/mol. The van der Waals surface area contributed by atoms with Crippen molar-refractivity contribution < 1.29 is 9.18 Å². The molecular formula is C27H24FN7O.